The summed E-state index contributed by atoms with van der Waals surface area (Å²) in [7, 11) is 1.79. The highest BCUT2D eigenvalue weighted by Gasteiger charge is 2.46. The van der Waals surface area contributed by atoms with E-state index in [1.165, 1.54) is 12.8 Å². The number of ether oxygens (including phenoxy) is 1. The molecule has 1 N–H and O–H groups in total. The minimum atomic E-state index is -0.311. The molecular formula is C14H25N3O. The average Bonchev–Trinajstić information content (AvgIpc) is 3.24. The Labute approximate surface area is 110 Å². The van der Waals surface area contributed by atoms with Gasteiger partial charge in [-0.15, -0.1) is 0 Å². The smallest absolute Gasteiger partial charge is 0.122 e. The van der Waals surface area contributed by atoms with Crippen LogP contribution in [-0.2, 0) is 4.74 Å². The van der Waals surface area contributed by atoms with Gasteiger partial charge in [-0.1, -0.05) is 6.92 Å². The first-order valence-corrected chi connectivity index (χ1v) is 7.15. The van der Waals surface area contributed by atoms with Crippen LogP contribution in [0, 0.1) is 17.2 Å². The quantitative estimate of drug-likeness (QED) is 0.775. The summed E-state index contributed by atoms with van der Waals surface area (Å²) in [6.45, 7) is 5.95. The van der Waals surface area contributed by atoms with Crippen LogP contribution in [0.15, 0.2) is 0 Å². The Morgan fingerprint density at radius 1 is 1.33 bits per heavy atom. The SMILES string of the molecule is CCNC(C#N)(CN1CCC(OC)CC1)C1CC1. The summed E-state index contributed by atoms with van der Waals surface area (Å²) in [5.41, 5.74) is -0.311. The standard InChI is InChI=1S/C14H25N3O/c1-3-16-14(10-15,12-4-5-12)11-17-8-6-13(18-2)7-9-17/h12-13,16H,3-9,11H2,1-2H3. The minimum Gasteiger partial charge on any atom is -0.381 e. The molecule has 18 heavy (non-hydrogen) atoms. The molecule has 102 valence electrons. The maximum absolute atomic E-state index is 9.58. The second kappa shape index (κ2) is 6.01. The fraction of sp³-hybridized carbons (Fsp3) is 0.929. The summed E-state index contributed by atoms with van der Waals surface area (Å²) in [5.74, 6) is 0.558. The van der Waals surface area contributed by atoms with E-state index in [0.717, 1.165) is 39.0 Å². The number of hydrogen-bond acceptors (Lipinski definition) is 4. The zero-order chi connectivity index (χ0) is 13.0. The monoisotopic (exact) mass is 251 g/mol. The highest BCUT2D eigenvalue weighted by Crippen LogP contribution is 2.40. The first-order chi connectivity index (χ1) is 8.74. The first kappa shape index (κ1) is 13.8. The van der Waals surface area contributed by atoms with Crippen LogP contribution in [0.1, 0.15) is 32.6 Å². The van der Waals surface area contributed by atoms with Crippen LogP contribution in [0.4, 0.5) is 0 Å². The lowest BCUT2D eigenvalue weighted by atomic mass is 9.93. The molecule has 0 aromatic rings. The summed E-state index contributed by atoms with van der Waals surface area (Å²) in [4.78, 5) is 2.43. The van der Waals surface area contributed by atoms with Crippen molar-refractivity contribution in [2.45, 2.75) is 44.2 Å². The van der Waals surface area contributed by atoms with E-state index in [2.05, 4.69) is 23.2 Å². The van der Waals surface area contributed by atoms with Crippen molar-refractivity contribution in [1.29, 1.82) is 5.26 Å². The molecule has 1 saturated carbocycles. The van der Waals surface area contributed by atoms with E-state index in [4.69, 9.17) is 4.74 Å². The van der Waals surface area contributed by atoms with Crippen molar-refractivity contribution in [3.8, 4) is 6.07 Å². The molecule has 1 heterocycles. The predicted octanol–water partition coefficient (Wildman–Crippen LogP) is 1.38. The lowest BCUT2D eigenvalue weighted by Crippen LogP contribution is -2.55. The van der Waals surface area contributed by atoms with Crippen LogP contribution < -0.4 is 5.32 Å². The van der Waals surface area contributed by atoms with Crippen LogP contribution >= 0.6 is 0 Å². The number of likely N-dealkylation sites (N-methyl/N-ethyl adjacent to an activating group) is 1. The molecule has 0 spiro atoms. The van der Waals surface area contributed by atoms with Crippen molar-refractivity contribution >= 4 is 0 Å². The highest BCUT2D eigenvalue weighted by molar-refractivity contribution is 5.16. The second-order valence-electron chi connectivity index (χ2n) is 5.60. The summed E-state index contributed by atoms with van der Waals surface area (Å²) in [6, 6.07) is 2.57. The van der Waals surface area contributed by atoms with E-state index >= 15 is 0 Å². The van der Waals surface area contributed by atoms with Gasteiger partial charge in [-0.3, -0.25) is 5.32 Å². The Morgan fingerprint density at radius 2 is 2.00 bits per heavy atom. The molecule has 0 amide bonds. The average molecular weight is 251 g/mol. The number of nitriles is 1. The van der Waals surface area contributed by atoms with Gasteiger partial charge in [0, 0.05) is 26.7 Å². The minimum absolute atomic E-state index is 0.311. The molecule has 4 nitrogen and oxygen atoms in total. The molecule has 0 aromatic carbocycles. The van der Waals surface area contributed by atoms with Crippen molar-refractivity contribution in [1.82, 2.24) is 10.2 Å². The molecule has 2 fully saturated rings. The molecule has 0 bridgehead atoms. The van der Waals surface area contributed by atoms with Gasteiger partial charge in [0.25, 0.3) is 0 Å². The second-order valence-corrected chi connectivity index (χ2v) is 5.60. The van der Waals surface area contributed by atoms with E-state index in [9.17, 15) is 5.26 Å². The molecule has 0 radical (unpaired) electrons. The molecule has 1 aliphatic carbocycles. The van der Waals surface area contributed by atoms with Gasteiger partial charge in [0.15, 0.2) is 0 Å². The largest absolute Gasteiger partial charge is 0.381 e. The van der Waals surface area contributed by atoms with Crippen molar-refractivity contribution in [3.05, 3.63) is 0 Å². The van der Waals surface area contributed by atoms with Gasteiger partial charge in [0.2, 0.25) is 0 Å². The molecule has 2 rings (SSSR count). The Bertz CT molecular complexity index is 303. The molecule has 1 atom stereocenters. The normalized spacial score (nSPS) is 25.6. The molecule has 2 aliphatic rings. The van der Waals surface area contributed by atoms with Gasteiger partial charge in [0.05, 0.1) is 12.2 Å². The molecular weight excluding hydrogens is 226 g/mol. The zero-order valence-corrected chi connectivity index (χ0v) is 11.6. The van der Waals surface area contributed by atoms with Gasteiger partial charge in [-0.05, 0) is 38.1 Å². The fourth-order valence-electron chi connectivity index (χ4n) is 3.04. The molecule has 1 unspecified atom stereocenters. The number of methoxy groups -OCH3 is 1. The third-order valence-electron chi connectivity index (χ3n) is 4.31. The molecule has 4 heteroatoms. The van der Waals surface area contributed by atoms with Gasteiger partial charge in [-0.2, -0.15) is 5.26 Å². The number of likely N-dealkylation sites (tertiary alicyclic amines) is 1. The predicted molar refractivity (Wildman–Crippen MR) is 71.2 cm³/mol. The molecule has 1 saturated heterocycles. The van der Waals surface area contributed by atoms with E-state index in [0.29, 0.717) is 12.0 Å². The Kier molecular flexibility index (Phi) is 4.60. The Morgan fingerprint density at radius 3 is 2.44 bits per heavy atom. The Balaban J connectivity index is 1.91. The maximum atomic E-state index is 9.58. The zero-order valence-electron chi connectivity index (χ0n) is 11.6. The fourth-order valence-corrected chi connectivity index (χ4v) is 3.04. The first-order valence-electron chi connectivity index (χ1n) is 7.15. The van der Waals surface area contributed by atoms with E-state index in [1.54, 1.807) is 7.11 Å². The van der Waals surface area contributed by atoms with Crippen LogP contribution in [0.3, 0.4) is 0 Å². The van der Waals surface area contributed by atoms with Crippen LogP contribution in [0.2, 0.25) is 0 Å². The van der Waals surface area contributed by atoms with Crippen molar-refractivity contribution < 1.29 is 4.74 Å². The van der Waals surface area contributed by atoms with Crippen molar-refractivity contribution in [2.24, 2.45) is 5.92 Å². The number of rotatable bonds is 6. The summed E-state index contributed by atoms with van der Waals surface area (Å²) in [6.07, 6.45) is 5.01. The number of piperidine rings is 1. The third kappa shape index (κ3) is 3.03. The van der Waals surface area contributed by atoms with Gasteiger partial charge in [0.1, 0.15) is 5.54 Å². The van der Waals surface area contributed by atoms with E-state index in [1.807, 2.05) is 0 Å². The van der Waals surface area contributed by atoms with Crippen LogP contribution in [0.25, 0.3) is 0 Å². The van der Waals surface area contributed by atoms with Crippen molar-refractivity contribution in [2.75, 3.05) is 33.3 Å². The Hall–Kier alpha value is -0.630. The number of hydrogen-bond donors (Lipinski definition) is 1. The highest BCUT2D eigenvalue weighted by atomic mass is 16.5. The van der Waals surface area contributed by atoms with E-state index < -0.39 is 0 Å². The number of nitrogens with one attached hydrogen (secondary N) is 1. The van der Waals surface area contributed by atoms with Gasteiger partial charge >= 0.3 is 0 Å². The summed E-state index contributed by atoms with van der Waals surface area (Å²) >= 11 is 0. The molecule has 0 aromatic heterocycles. The number of nitrogens with zero attached hydrogens (tertiary/aromatic N) is 2. The summed E-state index contributed by atoms with van der Waals surface area (Å²) < 4.78 is 5.40. The van der Waals surface area contributed by atoms with Crippen molar-refractivity contribution in [3.63, 3.8) is 0 Å². The van der Waals surface area contributed by atoms with E-state index in [-0.39, 0.29) is 5.54 Å². The lowest BCUT2D eigenvalue weighted by molar-refractivity contribution is 0.0340. The molecule has 1 aliphatic heterocycles. The van der Waals surface area contributed by atoms with Gasteiger partial charge in [-0.25, -0.2) is 0 Å². The summed E-state index contributed by atoms with van der Waals surface area (Å²) in [5, 5.41) is 13.0. The van der Waals surface area contributed by atoms with Crippen LogP contribution in [-0.4, -0.2) is 49.8 Å². The maximum Gasteiger partial charge on any atom is 0.122 e. The topological polar surface area (TPSA) is 48.3 Å². The van der Waals surface area contributed by atoms with Gasteiger partial charge < -0.3 is 9.64 Å². The third-order valence-corrected chi connectivity index (χ3v) is 4.31. The lowest BCUT2D eigenvalue weighted by Gasteiger charge is -2.37. The van der Waals surface area contributed by atoms with Crippen LogP contribution in [0.5, 0.6) is 0 Å².